The summed E-state index contributed by atoms with van der Waals surface area (Å²) in [6, 6.07) is 0.237. The monoisotopic (exact) mass is 321 g/mol. The summed E-state index contributed by atoms with van der Waals surface area (Å²) in [6.07, 6.45) is 4.50. The molecular formula is C16H23N3O4. The molecule has 0 aromatic carbocycles. The van der Waals surface area contributed by atoms with Gasteiger partial charge in [0.05, 0.1) is 6.61 Å². The van der Waals surface area contributed by atoms with Crippen LogP contribution in [0.1, 0.15) is 55.6 Å². The third-order valence-corrected chi connectivity index (χ3v) is 4.04. The Bertz CT molecular complexity index is 604. The number of ether oxygens (including phenoxy) is 1. The van der Waals surface area contributed by atoms with Gasteiger partial charge in [-0.25, -0.2) is 0 Å². The number of aryl methyl sites for hydroxylation is 1. The number of esters is 1. The van der Waals surface area contributed by atoms with Gasteiger partial charge in [0.15, 0.2) is 5.78 Å². The van der Waals surface area contributed by atoms with E-state index in [4.69, 9.17) is 4.74 Å². The van der Waals surface area contributed by atoms with Crippen molar-refractivity contribution < 1.29 is 19.1 Å². The van der Waals surface area contributed by atoms with E-state index >= 15 is 0 Å². The molecular weight excluding hydrogens is 298 g/mol. The normalized spacial score (nSPS) is 14.2. The van der Waals surface area contributed by atoms with E-state index in [0.29, 0.717) is 12.1 Å². The highest BCUT2D eigenvalue weighted by Crippen LogP contribution is 2.27. The lowest BCUT2D eigenvalue weighted by Gasteiger charge is -2.36. The third kappa shape index (κ3) is 4.18. The molecule has 1 aromatic heterocycles. The van der Waals surface area contributed by atoms with Gasteiger partial charge in [-0.1, -0.05) is 0 Å². The van der Waals surface area contributed by atoms with Gasteiger partial charge in [0.2, 0.25) is 5.91 Å². The second kappa shape index (κ2) is 7.39. The molecule has 0 unspecified atom stereocenters. The molecule has 0 bridgehead atoms. The summed E-state index contributed by atoms with van der Waals surface area (Å²) in [4.78, 5) is 37.4. The highest BCUT2D eigenvalue weighted by atomic mass is 16.5. The molecule has 1 heterocycles. The Morgan fingerprint density at radius 1 is 1.39 bits per heavy atom. The van der Waals surface area contributed by atoms with Gasteiger partial charge in [-0.15, -0.1) is 0 Å². The minimum Gasteiger partial charge on any atom is -0.466 e. The lowest BCUT2D eigenvalue weighted by atomic mass is 9.91. The predicted molar refractivity (Wildman–Crippen MR) is 82.7 cm³/mol. The molecule has 0 spiro atoms. The topological polar surface area (TPSA) is 81.5 Å². The number of carbonyl (C=O) groups is 3. The highest BCUT2D eigenvalue weighted by Gasteiger charge is 2.29. The van der Waals surface area contributed by atoms with Gasteiger partial charge in [0.25, 0.3) is 0 Å². The number of aromatic nitrogens is 2. The standard InChI is InChI=1S/C16H23N3O4/c1-4-23-15(22)8-14(21)16-12(9-18(3)17-16)10-19(11(2)20)13-6-5-7-13/h9,13H,4-8,10H2,1-3H3. The van der Waals surface area contributed by atoms with Crippen molar-refractivity contribution in [2.75, 3.05) is 6.61 Å². The molecule has 7 heteroatoms. The smallest absolute Gasteiger partial charge is 0.313 e. The maximum atomic E-state index is 12.3. The van der Waals surface area contributed by atoms with Crippen molar-refractivity contribution in [2.45, 2.75) is 52.1 Å². The molecule has 7 nitrogen and oxygen atoms in total. The van der Waals surface area contributed by atoms with Gasteiger partial charge in [-0.05, 0) is 26.2 Å². The van der Waals surface area contributed by atoms with Crippen LogP contribution in [0, 0.1) is 0 Å². The summed E-state index contributed by atoms with van der Waals surface area (Å²) >= 11 is 0. The van der Waals surface area contributed by atoms with Gasteiger partial charge in [0.1, 0.15) is 12.1 Å². The van der Waals surface area contributed by atoms with E-state index in [1.807, 2.05) is 0 Å². The van der Waals surface area contributed by atoms with Gasteiger partial charge in [-0.2, -0.15) is 5.10 Å². The summed E-state index contributed by atoms with van der Waals surface area (Å²) in [7, 11) is 1.71. The second-order valence-corrected chi connectivity index (χ2v) is 5.81. The predicted octanol–water partition coefficient (Wildman–Crippen LogP) is 1.46. The molecule has 1 amide bonds. The van der Waals surface area contributed by atoms with Gasteiger partial charge in [0, 0.05) is 38.3 Å². The number of nitrogens with zero attached hydrogens (tertiary/aromatic N) is 3. The van der Waals surface area contributed by atoms with Crippen molar-refractivity contribution >= 4 is 17.7 Å². The van der Waals surface area contributed by atoms with Crippen molar-refractivity contribution in [3.63, 3.8) is 0 Å². The molecule has 1 fully saturated rings. The molecule has 1 aliphatic carbocycles. The fourth-order valence-corrected chi connectivity index (χ4v) is 2.69. The van der Waals surface area contributed by atoms with Crippen LogP contribution >= 0.6 is 0 Å². The summed E-state index contributed by atoms with van der Waals surface area (Å²) in [5.41, 5.74) is 0.912. The minimum absolute atomic E-state index is 0.0117. The molecule has 0 N–H and O–H groups in total. The van der Waals surface area contributed by atoms with Crippen LogP contribution in [0.25, 0.3) is 0 Å². The first-order chi connectivity index (χ1) is 10.9. The summed E-state index contributed by atoms with van der Waals surface area (Å²) < 4.78 is 6.34. The van der Waals surface area contributed by atoms with Crippen LogP contribution in [-0.4, -0.2) is 45.0 Å². The maximum Gasteiger partial charge on any atom is 0.313 e. The number of hydrogen-bond donors (Lipinski definition) is 0. The van der Waals surface area contributed by atoms with Crippen LogP contribution < -0.4 is 0 Å². The minimum atomic E-state index is -0.559. The molecule has 0 saturated heterocycles. The van der Waals surface area contributed by atoms with Gasteiger partial charge < -0.3 is 9.64 Å². The van der Waals surface area contributed by atoms with Crippen LogP contribution in [0.2, 0.25) is 0 Å². The summed E-state index contributed by atoms with van der Waals surface area (Å²) in [5.74, 6) is -0.949. The molecule has 1 saturated carbocycles. The van der Waals surface area contributed by atoms with E-state index in [2.05, 4.69) is 5.10 Å². The quantitative estimate of drug-likeness (QED) is 0.431. The number of Topliss-reactive ketones (excluding diaryl/α,β-unsaturated/α-hetero) is 1. The molecule has 1 aromatic rings. The molecule has 2 rings (SSSR count). The third-order valence-electron chi connectivity index (χ3n) is 4.04. The molecule has 126 valence electrons. The van der Waals surface area contributed by atoms with E-state index in [-0.39, 0.29) is 36.5 Å². The van der Waals surface area contributed by atoms with E-state index in [9.17, 15) is 14.4 Å². The van der Waals surface area contributed by atoms with Crippen LogP contribution in [0.15, 0.2) is 6.20 Å². The first kappa shape index (κ1) is 17.2. The van der Waals surface area contributed by atoms with Crippen molar-refractivity contribution in [1.29, 1.82) is 0 Å². The first-order valence-corrected chi connectivity index (χ1v) is 7.91. The Kier molecular flexibility index (Phi) is 5.52. The Morgan fingerprint density at radius 2 is 2.09 bits per heavy atom. The number of carbonyl (C=O) groups excluding carboxylic acids is 3. The average molecular weight is 321 g/mol. The lowest BCUT2D eigenvalue weighted by Crippen LogP contribution is -2.42. The fraction of sp³-hybridized carbons (Fsp3) is 0.625. The zero-order chi connectivity index (χ0) is 17.0. The number of amides is 1. The van der Waals surface area contributed by atoms with E-state index in [0.717, 1.165) is 19.3 Å². The zero-order valence-corrected chi connectivity index (χ0v) is 13.9. The molecule has 0 atom stereocenters. The Labute approximate surface area is 135 Å². The second-order valence-electron chi connectivity index (χ2n) is 5.81. The van der Waals surface area contributed by atoms with E-state index in [1.54, 1.807) is 25.1 Å². The van der Waals surface area contributed by atoms with Crippen LogP contribution in [0.4, 0.5) is 0 Å². The zero-order valence-electron chi connectivity index (χ0n) is 13.9. The van der Waals surface area contributed by atoms with E-state index < -0.39 is 5.97 Å². The van der Waals surface area contributed by atoms with Crippen LogP contribution in [0.5, 0.6) is 0 Å². The number of rotatable bonds is 7. The van der Waals surface area contributed by atoms with Crippen LogP contribution in [-0.2, 0) is 27.9 Å². The Balaban J connectivity index is 2.14. The van der Waals surface area contributed by atoms with Crippen molar-refractivity contribution in [3.8, 4) is 0 Å². The molecule has 1 aliphatic rings. The Hall–Kier alpha value is -2.18. The Morgan fingerprint density at radius 3 is 2.61 bits per heavy atom. The van der Waals surface area contributed by atoms with Crippen molar-refractivity contribution in [2.24, 2.45) is 7.05 Å². The molecule has 0 aliphatic heterocycles. The molecule has 23 heavy (non-hydrogen) atoms. The molecule has 0 radical (unpaired) electrons. The maximum absolute atomic E-state index is 12.3. The first-order valence-electron chi connectivity index (χ1n) is 7.91. The summed E-state index contributed by atoms with van der Waals surface area (Å²) in [5, 5.41) is 4.16. The largest absolute Gasteiger partial charge is 0.466 e. The number of hydrogen-bond acceptors (Lipinski definition) is 5. The van der Waals surface area contributed by atoms with Gasteiger partial charge in [-0.3, -0.25) is 19.1 Å². The van der Waals surface area contributed by atoms with Crippen molar-refractivity contribution in [3.05, 3.63) is 17.5 Å². The fourth-order valence-electron chi connectivity index (χ4n) is 2.69. The highest BCUT2D eigenvalue weighted by molar-refractivity contribution is 6.05. The summed E-state index contributed by atoms with van der Waals surface area (Å²) in [6.45, 7) is 3.81. The number of ketones is 1. The lowest BCUT2D eigenvalue weighted by molar-refractivity contribution is -0.142. The van der Waals surface area contributed by atoms with E-state index in [1.165, 1.54) is 11.6 Å². The van der Waals surface area contributed by atoms with Crippen LogP contribution in [0.3, 0.4) is 0 Å². The van der Waals surface area contributed by atoms with Gasteiger partial charge >= 0.3 is 5.97 Å². The van der Waals surface area contributed by atoms with Crippen molar-refractivity contribution in [1.82, 2.24) is 14.7 Å². The SMILES string of the molecule is CCOC(=O)CC(=O)c1nn(C)cc1CN(C(C)=O)C1CCC1. The average Bonchev–Trinajstić information content (AvgIpc) is 2.77.